The fraction of sp³-hybridized carbons (Fsp3) is 0.176. The molecule has 0 atom stereocenters. The molecule has 2 aromatic heterocycles. The zero-order valence-corrected chi connectivity index (χ0v) is 14.2. The van der Waals surface area contributed by atoms with Gasteiger partial charge < -0.3 is 9.72 Å². The number of nitrogens with zero attached hydrogens (tertiary/aromatic N) is 2. The molecule has 7 nitrogen and oxygen atoms in total. The van der Waals surface area contributed by atoms with Crippen LogP contribution in [-0.2, 0) is 11.3 Å². The molecule has 0 aliphatic heterocycles. The number of aromatic nitrogens is 3. The van der Waals surface area contributed by atoms with Crippen LogP contribution in [0.4, 0.5) is 0 Å². The predicted octanol–water partition coefficient (Wildman–Crippen LogP) is 1.89. The molecular formula is C17H15N3O4S. The molecule has 0 aliphatic rings. The van der Waals surface area contributed by atoms with E-state index in [1.54, 1.807) is 6.92 Å². The van der Waals surface area contributed by atoms with Gasteiger partial charge in [0.2, 0.25) is 0 Å². The summed E-state index contributed by atoms with van der Waals surface area (Å²) in [6.45, 7) is 2.12. The van der Waals surface area contributed by atoms with Crippen molar-refractivity contribution in [2.24, 2.45) is 0 Å². The van der Waals surface area contributed by atoms with Crippen LogP contribution >= 0.6 is 11.3 Å². The van der Waals surface area contributed by atoms with Crippen molar-refractivity contribution < 1.29 is 9.53 Å². The third kappa shape index (κ3) is 3.58. The summed E-state index contributed by atoms with van der Waals surface area (Å²) in [4.78, 5) is 43.4. The zero-order chi connectivity index (χ0) is 17.8. The smallest absolute Gasteiger partial charge is 0.349 e. The Morgan fingerprint density at radius 2 is 2.04 bits per heavy atom. The van der Waals surface area contributed by atoms with E-state index >= 15 is 0 Å². The molecule has 128 valence electrons. The summed E-state index contributed by atoms with van der Waals surface area (Å²) in [7, 11) is 0. The van der Waals surface area contributed by atoms with Crippen molar-refractivity contribution in [3.63, 3.8) is 0 Å². The van der Waals surface area contributed by atoms with Crippen LogP contribution in [-0.4, -0.2) is 27.1 Å². The van der Waals surface area contributed by atoms with Gasteiger partial charge in [-0.3, -0.25) is 9.36 Å². The summed E-state index contributed by atoms with van der Waals surface area (Å²) in [5, 5.41) is 0.353. The number of esters is 1. The van der Waals surface area contributed by atoms with Crippen LogP contribution in [0.15, 0.2) is 52.3 Å². The Morgan fingerprint density at radius 1 is 1.28 bits per heavy atom. The van der Waals surface area contributed by atoms with Gasteiger partial charge in [0.25, 0.3) is 5.56 Å². The summed E-state index contributed by atoms with van der Waals surface area (Å²) in [6.07, 6.45) is 2.68. The summed E-state index contributed by atoms with van der Waals surface area (Å²) in [5.41, 5.74) is 0.104. The van der Waals surface area contributed by atoms with E-state index in [1.165, 1.54) is 12.4 Å². The van der Waals surface area contributed by atoms with Gasteiger partial charge in [0.1, 0.15) is 9.88 Å². The van der Waals surface area contributed by atoms with Crippen molar-refractivity contribution in [3.05, 3.63) is 74.0 Å². The quantitative estimate of drug-likeness (QED) is 0.704. The van der Waals surface area contributed by atoms with Crippen LogP contribution < -0.4 is 11.2 Å². The van der Waals surface area contributed by atoms with Crippen molar-refractivity contribution in [1.82, 2.24) is 14.5 Å². The van der Waals surface area contributed by atoms with E-state index in [2.05, 4.69) is 9.97 Å². The van der Waals surface area contributed by atoms with Gasteiger partial charge in [0.05, 0.1) is 24.9 Å². The van der Waals surface area contributed by atoms with Crippen LogP contribution in [0.1, 0.15) is 22.2 Å². The minimum atomic E-state index is -0.500. The van der Waals surface area contributed by atoms with Crippen molar-refractivity contribution in [1.29, 1.82) is 0 Å². The van der Waals surface area contributed by atoms with E-state index in [9.17, 15) is 14.4 Å². The number of thiazole rings is 1. The maximum Gasteiger partial charge on any atom is 0.349 e. The molecule has 0 radical (unpaired) electrons. The molecular weight excluding hydrogens is 342 g/mol. The monoisotopic (exact) mass is 357 g/mol. The molecule has 0 amide bonds. The number of ether oxygens (including phenoxy) is 1. The molecule has 0 unspecified atom stereocenters. The molecule has 1 N–H and O–H groups in total. The highest BCUT2D eigenvalue weighted by Gasteiger charge is 2.16. The Hall–Kier alpha value is -3.00. The van der Waals surface area contributed by atoms with E-state index in [4.69, 9.17) is 4.74 Å². The molecule has 25 heavy (non-hydrogen) atoms. The topological polar surface area (TPSA) is 94.0 Å². The van der Waals surface area contributed by atoms with Crippen molar-refractivity contribution in [3.8, 4) is 10.6 Å². The van der Waals surface area contributed by atoms with E-state index in [-0.39, 0.29) is 18.7 Å². The molecule has 0 spiro atoms. The number of benzene rings is 1. The van der Waals surface area contributed by atoms with Gasteiger partial charge in [-0.05, 0) is 12.5 Å². The fourth-order valence-electron chi connectivity index (χ4n) is 2.27. The Bertz CT molecular complexity index is 1000. The largest absolute Gasteiger partial charge is 0.462 e. The number of hydrogen-bond acceptors (Lipinski definition) is 6. The molecule has 0 fully saturated rings. The lowest BCUT2D eigenvalue weighted by molar-refractivity contribution is 0.0532. The third-order valence-electron chi connectivity index (χ3n) is 3.46. The number of aromatic amines is 1. The second kappa shape index (κ2) is 7.27. The lowest BCUT2D eigenvalue weighted by Crippen LogP contribution is -2.35. The van der Waals surface area contributed by atoms with Gasteiger partial charge in [-0.25, -0.2) is 14.6 Å². The van der Waals surface area contributed by atoms with E-state index in [1.807, 2.05) is 30.3 Å². The normalized spacial score (nSPS) is 10.6. The molecule has 1 aromatic carbocycles. The van der Waals surface area contributed by atoms with E-state index in [0.717, 1.165) is 21.5 Å². The minimum absolute atomic E-state index is 0.152. The number of nitrogens with one attached hydrogen (secondary N) is 1. The Balaban J connectivity index is 1.99. The number of carbonyl (C=O) groups is 1. The number of rotatable bonds is 5. The third-order valence-corrected chi connectivity index (χ3v) is 4.47. The van der Waals surface area contributed by atoms with Gasteiger partial charge in [-0.15, -0.1) is 11.3 Å². The molecule has 0 saturated carbocycles. The average molecular weight is 357 g/mol. The maximum absolute atomic E-state index is 12.7. The number of carbonyl (C=O) groups excluding carboxylic acids is 1. The van der Waals surface area contributed by atoms with Crippen molar-refractivity contribution >= 4 is 17.3 Å². The van der Waals surface area contributed by atoms with Crippen molar-refractivity contribution in [2.45, 2.75) is 13.5 Å². The molecule has 8 heteroatoms. The number of H-pyrrole nitrogens is 1. The Kier molecular flexibility index (Phi) is 4.90. The first-order valence-electron chi connectivity index (χ1n) is 7.60. The fourth-order valence-corrected chi connectivity index (χ4v) is 3.09. The highest BCUT2D eigenvalue weighted by molar-refractivity contribution is 7.16. The highest BCUT2D eigenvalue weighted by atomic mass is 32.1. The molecule has 0 bridgehead atoms. The van der Waals surface area contributed by atoms with Crippen LogP contribution in [0.25, 0.3) is 10.6 Å². The Labute approximate surface area is 146 Å². The SMILES string of the molecule is CCOC(=O)c1cnc(-c2c[nH]c(=O)n(Cc3ccccc3)c2=O)s1. The molecule has 0 aliphatic carbocycles. The van der Waals surface area contributed by atoms with E-state index < -0.39 is 17.2 Å². The zero-order valence-electron chi connectivity index (χ0n) is 13.4. The van der Waals surface area contributed by atoms with Gasteiger partial charge in [0, 0.05) is 6.20 Å². The first-order chi connectivity index (χ1) is 12.1. The van der Waals surface area contributed by atoms with Gasteiger partial charge in [-0.2, -0.15) is 0 Å². The van der Waals surface area contributed by atoms with Crippen LogP contribution in [0.5, 0.6) is 0 Å². The predicted molar refractivity (Wildman–Crippen MR) is 93.9 cm³/mol. The van der Waals surface area contributed by atoms with Crippen LogP contribution in [0.3, 0.4) is 0 Å². The molecule has 3 aromatic rings. The van der Waals surface area contributed by atoms with Crippen LogP contribution in [0, 0.1) is 0 Å². The molecule has 2 heterocycles. The standard InChI is InChI=1S/C17H15N3O4S/c1-2-24-16(22)13-9-18-14(25-13)12-8-19-17(23)20(15(12)21)10-11-6-4-3-5-7-11/h3-9H,2,10H2,1H3,(H,19,23). The second-order valence-electron chi connectivity index (χ2n) is 5.13. The summed E-state index contributed by atoms with van der Waals surface area (Å²) < 4.78 is 6.03. The Morgan fingerprint density at radius 3 is 2.76 bits per heavy atom. The average Bonchev–Trinajstić information content (AvgIpc) is 3.10. The van der Waals surface area contributed by atoms with E-state index in [0.29, 0.717) is 9.88 Å². The highest BCUT2D eigenvalue weighted by Crippen LogP contribution is 2.22. The number of hydrogen-bond donors (Lipinski definition) is 1. The van der Waals surface area contributed by atoms with Crippen LogP contribution in [0.2, 0.25) is 0 Å². The first kappa shape index (κ1) is 16.8. The second-order valence-corrected chi connectivity index (χ2v) is 6.17. The lowest BCUT2D eigenvalue weighted by atomic mass is 10.2. The van der Waals surface area contributed by atoms with Crippen molar-refractivity contribution in [2.75, 3.05) is 6.61 Å². The lowest BCUT2D eigenvalue weighted by Gasteiger charge is -2.06. The van der Waals surface area contributed by atoms with Gasteiger partial charge >= 0.3 is 11.7 Å². The van der Waals surface area contributed by atoms with Gasteiger partial charge in [0.15, 0.2) is 0 Å². The minimum Gasteiger partial charge on any atom is -0.462 e. The maximum atomic E-state index is 12.7. The summed E-state index contributed by atoms with van der Waals surface area (Å²) in [5.74, 6) is -0.486. The summed E-state index contributed by atoms with van der Waals surface area (Å²) >= 11 is 1.05. The van der Waals surface area contributed by atoms with Gasteiger partial charge in [-0.1, -0.05) is 30.3 Å². The molecule has 3 rings (SSSR count). The summed E-state index contributed by atoms with van der Waals surface area (Å²) in [6, 6.07) is 9.21. The first-order valence-corrected chi connectivity index (χ1v) is 8.41. The molecule has 0 saturated heterocycles.